The number of carbonyl (C=O) groups is 1. The van der Waals surface area contributed by atoms with E-state index in [4.69, 9.17) is 9.78 Å². The van der Waals surface area contributed by atoms with Gasteiger partial charge in [-0.1, -0.05) is 5.16 Å². The molecule has 8 nitrogen and oxygen atoms in total. The Balaban J connectivity index is 1.92. The minimum absolute atomic E-state index is 0.0226. The summed E-state index contributed by atoms with van der Waals surface area (Å²) in [4.78, 5) is 20.1. The highest BCUT2D eigenvalue weighted by Gasteiger charge is 2.31. The summed E-state index contributed by atoms with van der Waals surface area (Å²) in [6, 6.07) is 4.43. The fourth-order valence-corrected chi connectivity index (χ4v) is 3.03. The summed E-state index contributed by atoms with van der Waals surface area (Å²) in [6.45, 7) is 5.80. The number of rotatable bonds is 7. The lowest BCUT2D eigenvalue weighted by Crippen LogP contribution is -2.41. The molecule has 128 valence electrons. The van der Waals surface area contributed by atoms with Crippen molar-refractivity contribution >= 4 is 5.91 Å². The molecule has 2 rings (SSSR count). The van der Waals surface area contributed by atoms with Crippen LogP contribution in [0.4, 0.5) is 0 Å². The van der Waals surface area contributed by atoms with Crippen molar-refractivity contribution in [1.29, 1.82) is 10.5 Å². The summed E-state index contributed by atoms with van der Waals surface area (Å²) in [5.74, 6) is 0.820. The van der Waals surface area contributed by atoms with Crippen LogP contribution in [0.1, 0.15) is 37.9 Å². The quantitative estimate of drug-likeness (QED) is 0.739. The van der Waals surface area contributed by atoms with Crippen LogP contribution in [-0.2, 0) is 11.3 Å². The Morgan fingerprint density at radius 1 is 1.54 bits per heavy atom. The van der Waals surface area contributed by atoms with Gasteiger partial charge in [-0.15, -0.1) is 0 Å². The van der Waals surface area contributed by atoms with E-state index < -0.39 is 0 Å². The molecule has 1 aliphatic rings. The Morgan fingerprint density at radius 3 is 2.92 bits per heavy atom. The third kappa shape index (κ3) is 4.77. The fraction of sp³-hybridized carbons (Fsp3) is 0.688. The van der Waals surface area contributed by atoms with Gasteiger partial charge in [0.15, 0.2) is 5.82 Å². The van der Waals surface area contributed by atoms with E-state index in [1.54, 1.807) is 18.7 Å². The second-order valence-corrected chi connectivity index (χ2v) is 6.10. The molecule has 24 heavy (non-hydrogen) atoms. The zero-order valence-corrected chi connectivity index (χ0v) is 14.1. The Hall–Kier alpha value is -2.45. The second-order valence-electron chi connectivity index (χ2n) is 6.10. The lowest BCUT2D eigenvalue weighted by Gasteiger charge is -2.27. The van der Waals surface area contributed by atoms with Gasteiger partial charge in [-0.25, -0.2) is 0 Å². The van der Waals surface area contributed by atoms with E-state index in [0.717, 1.165) is 19.5 Å². The molecule has 0 saturated carbocycles. The highest BCUT2D eigenvalue weighted by atomic mass is 16.5. The van der Waals surface area contributed by atoms with Crippen molar-refractivity contribution in [2.45, 2.75) is 45.7 Å². The van der Waals surface area contributed by atoms with Crippen LogP contribution in [-0.4, -0.2) is 51.5 Å². The molecule has 2 heterocycles. The molecular weight excluding hydrogens is 308 g/mol. The van der Waals surface area contributed by atoms with Crippen molar-refractivity contribution in [3.05, 3.63) is 11.7 Å². The summed E-state index contributed by atoms with van der Waals surface area (Å²) in [7, 11) is 0. The SMILES string of the molecule is CC(=O)N(Cc1noc(C)n1)C1CCN(CC(C#N)CCC#N)C1. The third-order valence-corrected chi connectivity index (χ3v) is 4.24. The number of aryl methyl sites for hydroxylation is 1. The van der Waals surface area contributed by atoms with E-state index in [0.29, 0.717) is 37.6 Å². The van der Waals surface area contributed by atoms with Crippen LogP contribution in [0.2, 0.25) is 0 Å². The van der Waals surface area contributed by atoms with Crippen molar-refractivity contribution in [3.8, 4) is 12.1 Å². The minimum atomic E-state index is -0.144. The van der Waals surface area contributed by atoms with Gasteiger partial charge in [0.25, 0.3) is 0 Å². The predicted molar refractivity (Wildman–Crippen MR) is 84.1 cm³/mol. The van der Waals surface area contributed by atoms with Crippen LogP contribution in [0.3, 0.4) is 0 Å². The topological polar surface area (TPSA) is 110 Å². The maximum atomic E-state index is 12.0. The number of amides is 1. The second kappa shape index (κ2) is 8.42. The molecule has 0 aromatic carbocycles. The highest BCUT2D eigenvalue weighted by molar-refractivity contribution is 5.73. The van der Waals surface area contributed by atoms with Gasteiger partial charge in [0.05, 0.1) is 24.6 Å². The standard InChI is InChI=1S/C16H22N6O2/c1-12-19-16(20-24-12)11-22(13(2)23)15-5-7-21(10-15)9-14(8-18)4-3-6-17/h14-15H,3-5,7,9-11H2,1-2H3. The first-order valence-electron chi connectivity index (χ1n) is 8.08. The number of carbonyl (C=O) groups excluding carboxylic acids is 1. The van der Waals surface area contributed by atoms with Crippen molar-refractivity contribution < 1.29 is 9.32 Å². The van der Waals surface area contributed by atoms with E-state index in [1.165, 1.54) is 0 Å². The van der Waals surface area contributed by atoms with E-state index in [1.807, 2.05) is 0 Å². The van der Waals surface area contributed by atoms with Gasteiger partial charge in [0, 0.05) is 45.9 Å². The molecule has 2 atom stereocenters. The third-order valence-electron chi connectivity index (χ3n) is 4.24. The molecular formula is C16H22N6O2. The van der Waals surface area contributed by atoms with E-state index in [9.17, 15) is 10.1 Å². The minimum Gasteiger partial charge on any atom is -0.340 e. The summed E-state index contributed by atoms with van der Waals surface area (Å²) >= 11 is 0. The Morgan fingerprint density at radius 2 is 2.33 bits per heavy atom. The van der Waals surface area contributed by atoms with Gasteiger partial charge in [0.1, 0.15) is 0 Å². The first kappa shape index (κ1) is 17.9. The molecule has 2 unspecified atom stereocenters. The molecule has 1 aromatic rings. The Labute approximate surface area is 141 Å². The van der Waals surface area contributed by atoms with E-state index in [-0.39, 0.29) is 17.9 Å². The first-order chi connectivity index (χ1) is 11.5. The normalized spacial score (nSPS) is 18.8. The molecule has 1 aromatic heterocycles. The van der Waals surface area contributed by atoms with Gasteiger partial charge >= 0.3 is 0 Å². The van der Waals surface area contributed by atoms with Crippen LogP contribution < -0.4 is 0 Å². The molecule has 1 fully saturated rings. The summed E-state index contributed by atoms with van der Waals surface area (Å²) in [6.07, 6.45) is 1.84. The number of likely N-dealkylation sites (tertiary alicyclic amines) is 1. The maximum absolute atomic E-state index is 12.0. The Kier molecular flexibility index (Phi) is 6.28. The maximum Gasteiger partial charge on any atom is 0.223 e. The average molecular weight is 330 g/mol. The van der Waals surface area contributed by atoms with Crippen LogP contribution in [0.25, 0.3) is 0 Å². The molecule has 0 bridgehead atoms. The molecule has 0 N–H and O–H groups in total. The summed E-state index contributed by atoms with van der Waals surface area (Å²) < 4.78 is 4.96. The summed E-state index contributed by atoms with van der Waals surface area (Å²) in [5.41, 5.74) is 0. The first-order valence-corrected chi connectivity index (χ1v) is 8.08. The number of hydrogen-bond donors (Lipinski definition) is 0. The van der Waals surface area contributed by atoms with Gasteiger partial charge in [-0.05, 0) is 12.8 Å². The smallest absolute Gasteiger partial charge is 0.223 e. The number of nitrogens with zero attached hydrogens (tertiary/aromatic N) is 6. The number of nitriles is 2. The molecule has 0 aliphatic carbocycles. The average Bonchev–Trinajstić information content (AvgIpc) is 3.17. The summed E-state index contributed by atoms with van der Waals surface area (Å²) in [5, 5.41) is 21.7. The van der Waals surface area contributed by atoms with Gasteiger partial charge in [-0.3, -0.25) is 9.69 Å². The lowest BCUT2D eigenvalue weighted by atomic mass is 10.1. The molecule has 1 amide bonds. The van der Waals surface area contributed by atoms with Gasteiger partial charge < -0.3 is 9.42 Å². The number of aromatic nitrogens is 2. The Bertz CT molecular complexity index is 644. The van der Waals surface area contributed by atoms with Crippen molar-refractivity contribution in [3.63, 3.8) is 0 Å². The predicted octanol–water partition coefficient (Wildman–Crippen LogP) is 1.24. The van der Waals surface area contributed by atoms with Crippen LogP contribution in [0, 0.1) is 35.5 Å². The van der Waals surface area contributed by atoms with Crippen molar-refractivity contribution in [2.75, 3.05) is 19.6 Å². The highest BCUT2D eigenvalue weighted by Crippen LogP contribution is 2.20. The zero-order chi connectivity index (χ0) is 17.5. The molecule has 0 spiro atoms. The van der Waals surface area contributed by atoms with Crippen LogP contribution in [0.15, 0.2) is 4.52 Å². The number of hydrogen-bond acceptors (Lipinski definition) is 7. The molecule has 1 saturated heterocycles. The van der Waals surface area contributed by atoms with Gasteiger partial charge in [0.2, 0.25) is 11.8 Å². The van der Waals surface area contributed by atoms with E-state index >= 15 is 0 Å². The monoisotopic (exact) mass is 330 g/mol. The molecule has 0 radical (unpaired) electrons. The molecule has 1 aliphatic heterocycles. The van der Waals surface area contributed by atoms with Crippen molar-refractivity contribution in [1.82, 2.24) is 19.9 Å². The fourth-order valence-electron chi connectivity index (χ4n) is 3.03. The van der Waals surface area contributed by atoms with Crippen LogP contribution in [0.5, 0.6) is 0 Å². The molecule has 8 heteroatoms. The van der Waals surface area contributed by atoms with Crippen LogP contribution >= 0.6 is 0 Å². The van der Waals surface area contributed by atoms with Gasteiger partial charge in [-0.2, -0.15) is 15.5 Å². The van der Waals surface area contributed by atoms with E-state index in [2.05, 4.69) is 27.2 Å². The zero-order valence-electron chi connectivity index (χ0n) is 14.1. The largest absolute Gasteiger partial charge is 0.340 e. The lowest BCUT2D eigenvalue weighted by molar-refractivity contribution is -0.131. The van der Waals surface area contributed by atoms with Crippen molar-refractivity contribution in [2.24, 2.45) is 5.92 Å².